The van der Waals surface area contributed by atoms with Crippen molar-refractivity contribution in [1.29, 1.82) is 0 Å². The van der Waals surface area contributed by atoms with E-state index in [-0.39, 0.29) is 0 Å². The maximum Gasteiger partial charge on any atom is 0.126 e. The molecule has 3 heteroatoms. The second-order valence-corrected chi connectivity index (χ2v) is 4.72. The first-order chi connectivity index (χ1) is 8.24. The van der Waals surface area contributed by atoms with E-state index >= 15 is 0 Å². The maximum atomic E-state index is 6.22. The summed E-state index contributed by atoms with van der Waals surface area (Å²) >= 11 is 0. The molecule has 0 aliphatic carbocycles. The molecule has 0 amide bonds. The molecule has 0 atom stereocenters. The molecule has 0 unspecified atom stereocenters. The summed E-state index contributed by atoms with van der Waals surface area (Å²) in [5.74, 6) is 2.10. The van der Waals surface area contributed by atoms with Gasteiger partial charge in [0.1, 0.15) is 11.6 Å². The summed E-state index contributed by atoms with van der Waals surface area (Å²) in [5, 5.41) is 0. The van der Waals surface area contributed by atoms with Crippen molar-refractivity contribution in [2.75, 3.05) is 5.73 Å². The van der Waals surface area contributed by atoms with Crippen molar-refractivity contribution in [2.45, 2.75) is 72.3 Å². The molecule has 0 saturated carbocycles. The zero-order chi connectivity index (χ0) is 12.7. The minimum absolute atomic E-state index is 0.912. The van der Waals surface area contributed by atoms with Gasteiger partial charge in [-0.25, -0.2) is 4.98 Å². The minimum atomic E-state index is 0.912. The summed E-state index contributed by atoms with van der Waals surface area (Å²) in [7, 11) is 0. The van der Waals surface area contributed by atoms with E-state index in [2.05, 4.69) is 25.3 Å². The molecule has 0 aliphatic rings. The van der Waals surface area contributed by atoms with Crippen LogP contribution in [0, 0.1) is 0 Å². The Morgan fingerprint density at radius 1 is 1.00 bits per heavy atom. The van der Waals surface area contributed by atoms with Crippen LogP contribution in [0.3, 0.4) is 0 Å². The fourth-order valence-corrected chi connectivity index (χ4v) is 2.08. The minimum Gasteiger partial charge on any atom is -0.384 e. The molecule has 0 fully saturated rings. The predicted molar refractivity (Wildman–Crippen MR) is 74.2 cm³/mol. The van der Waals surface area contributed by atoms with Gasteiger partial charge in [0.05, 0.1) is 5.69 Å². The predicted octanol–water partition coefficient (Wildman–Crippen LogP) is 3.56. The van der Waals surface area contributed by atoms with Gasteiger partial charge in [-0.1, -0.05) is 33.6 Å². The molecular formula is C14H27N3. The summed E-state index contributed by atoms with van der Waals surface area (Å²) in [6, 6.07) is 0. The highest BCUT2D eigenvalue weighted by atomic mass is 15.1. The van der Waals surface area contributed by atoms with Gasteiger partial charge in [-0.05, 0) is 25.7 Å². The number of unbranched alkanes of at least 4 members (excludes halogenated alkanes) is 2. The van der Waals surface area contributed by atoms with Gasteiger partial charge in [0, 0.05) is 13.0 Å². The van der Waals surface area contributed by atoms with Crippen LogP contribution in [0.4, 0.5) is 5.82 Å². The van der Waals surface area contributed by atoms with Gasteiger partial charge in [-0.2, -0.15) is 0 Å². The largest absolute Gasteiger partial charge is 0.384 e. The van der Waals surface area contributed by atoms with Crippen LogP contribution in [0.1, 0.15) is 64.4 Å². The molecule has 0 saturated heterocycles. The maximum absolute atomic E-state index is 6.22. The first-order valence-electron chi connectivity index (χ1n) is 7.08. The second kappa shape index (κ2) is 7.36. The van der Waals surface area contributed by atoms with Gasteiger partial charge in [0.25, 0.3) is 0 Å². The fraction of sp³-hybridized carbons (Fsp3) is 0.786. The van der Waals surface area contributed by atoms with Crippen molar-refractivity contribution in [1.82, 2.24) is 9.55 Å². The molecule has 17 heavy (non-hydrogen) atoms. The average molecular weight is 237 g/mol. The molecule has 0 aliphatic heterocycles. The SMILES string of the molecule is CCCCc1nc(CCC)n(CCCC)c1N. The Bertz CT molecular complexity index is 328. The molecular weight excluding hydrogens is 210 g/mol. The van der Waals surface area contributed by atoms with E-state index in [1.54, 1.807) is 0 Å². The number of nitrogens with two attached hydrogens (primary N) is 1. The van der Waals surface area contributed by atoms with E-state index in [4.69, 9.17) is 10.7 Å². The van der Waals surface area contributed by atoms with Crippen molar-refractivity contribution in [3.63, 3.8) is 0 Å². The standard InChI is InChI=1S/C14H27N3/c1-4-7-10-12-14(15)17(11-8-5-2)13(16-12)9-6-3/h4-11,15H2,1-3H3. The summed E-state index contributed by atoms with van der Waals surface area (Å²) in [6.07, 6.45) is 7.97. The number of hydrogen-bond donors (Lipinski definition) is 1. The lowest BCUT2D eigenvalue weighted by Gasteiger charge is -2.08. The Labute approximate surface area is 105 Å². The number of hydrogen-bond acceptors (Lipinski definition) is 2. The van der Waals surface area contributed by atoms with Crippen LogP contribution in [0.5, 0.6) is 0 Å². The normalized spacial score (nSPS) is 11.0. The Hall–Kier alpha value is -0.990. The van der Waals surface area contributed by atoms with Gasteiger partial charge in [0.15, 0.2) is 0 Å². The number of nitrogen functional groups attached to an aromatic ring is 1. The summed E-state index contributed by atoms with van der Waals surface area (Å²) < 4.78 is 2.23. The van der Waals surface area contributed by atoms with Crippen molar-refractivity contribution < 1.29 is 0 Å². The fourth-order valence-electron chi connectivity index (χ4n) is 2.08. The van der Waals surface area contributed by atoms with E-state index in [0.29, 0.717) is 0 Å². The summed E-state index contributed by atoms with van der Waals surface area (Å²) in [4.78, 5) is 4.73. The van der Waals surface area contributed by atoms with Gasteiger partial charge in [0.2, 0.25) is 0 Å². The number of anilines is 1. The lowest BCUT2D eigenvalue weighted by Crippen LogP contribution is -2.07. The molecule has 1 rings (SSSR count). The molecule has 1 aromatic heterocycles. The average Bonchev–Trinajstić information content (AvgIpc) is 2.61. The smallest absolute Gasteiger partial charge is 0.126 e. The summed E-state index contributed by atoms with van der Waals surface area (Å²) in [5.41, 5.74) is 7.33. The Morgan fingerprint density at radius 2 is 1.71 bits per heavy atom. The van der Waals surface area contributed by atoms with Crippen LogP contribution in [-0.4, -0.2) is 9.55 Å². The molecule has 0 spiro atoms. The zero-order valence-electron chi connectivity index (χ0n) is 11.6. The van der Waals surface area contributed by atoms with Gasteiger partial charge in [-0.3, -0.25) is 0 Å². The Morgan fingerprint density at radius 3 is 2.29 bits per heavy atom. The molecule has 1 heterocycles. The van der Waals surface area contributed by atoms with E-state index < -0.39 is 0 Å². The number of aromatic nitrogens is 2. The third-order valence-electron chi connectivity index (χ3n) is 3.14. The molecule has 1 aromatic rings. The van der Waals surface area contributed by atoms with Gasteiger partial charge >= 0.3 is 0 Å². The molecule has 3 nitrogen and oxygen atoms in total. The number of imidazole rings is 1. The topological polar surface area (TPSA) is 43.8 Å². The highest BCUT2D eigenvalue weighted by Gasteiger charge is 2.12. The van der Waals surface area contributed by atoms with E-state index in [0.717, 1.165) is 37.3 Å². The molecule has 2 N–H and O–H groups in total. The van der Waals surface area contributed by atoms with Crippen LogP contribution in [-0.2, 0) is 19.4 Å². The number of nitrogens with zero attached hydrogens (tertiary/aromatic N) is 2. The van der Waals surface area contributed by atoms with Crippen molar-refractivity contribution >= 4 is 5.82 Å². The third-order valence-corrected chi connectivity index (χ3v) is 3.14. The highest BCUT2D eigenvalue weighted by molar-refractivity contribution is 5.38. The summed E-state index contributed by atoms with van der Waals surface area (Å²) in [6.45, 7) is 7.64. The quantitative estimate of drug-likeness (QED) is 0.751. The molecule has 0 aromatic carbocycles. The molecule has 0 bridgehead atoms. The second-order valence-electron chi connectivity index (χ2n) is 4.72. The van der Waals surface area contributed by atoms with Gasteiger partial charge in [-0.15, -0.1) is 0 Å². The van der Waals surface area contributed by atoms with E-state index in [1.165, 1.54) is 31.5 Å². The lowest BCUT2D eigenvalue weighted by molar-refractivity contribution is 0.604. The Balaban J connectivity index is 2.85. The van der Waals surface area contributed by atoms with Crippen LogP contribution in [0.15, 0.2) is 0 Å². The van der Waals surface area contributed by atoms with Crippen LogP contribution >= 0.6 is 0 Å². The monoisotopic (exact) mass is 237 g/mol. The third kappa shape index (κ3) is 3.76. The van der Waals surface area contributed by atoms with Gasteiger partial charge < -0.3 is 10.3 Å². The lowest BCUT2D eigenvalue weighted by atomic mass is 10.2. The highest BCUT2D eigenvalue weighted by Crippen LogP contribution is 2.19. The van der Waals surface area contributed by atoms with Crippen LogP contribution < -0.4 is 5.73 Å². The van der Waals surface area contributed by atoms with Crippen LogP contribution in [0.25, 0.3) is 0 Å². The zero-order valence-corrected chi connectivity index (χ0v) is 11.6. The van der Waals surface area contributed by atoms with Crippen LogP contribution in [0.2, 0.25) is 0 Å². The molecule has 0 radical (unpaired) electrons. The van der Waals surface area contributed by atoms with Crippen molar-refractivity contribution in [3.8, 4) is 0 Å². The first kappa shape index (κ1) is 14.1. The van der Waals surface area contributed by atoms with E-state index in [1.807, 2.05) is 0 Å². The molecule has 98 valence electrons. The van der Waals surface area contributed by atoms with Crippen molar-refractivity contribution in [2.24, 2.45) is 0 Å². The Kier molecular flexibility index (Phi) is 6.09. The first-order valence-corrected chi connectivity index (χ1v) is 7.08. The number of rotatable bonds is 8. The van der Waals surface area contributed by atoms with Crippen molar-refractivity contribution in [3.05, 3.63) is 11.5 Å². The number of aryl methyl sites for hydroxylation is 2. The van der Waals surface area contributed by atoms with E-state index in [9.17, 15) is 0 Å².